The highest BCUT2D eigenvalue weighted by molar-refractivity contribution is 5.92. The van der Waals surface area contributed by atoms with Crippen molar-refractivity contribution in [3.63, 3.8) is 0 Å². The van der Waals surface area contributed by atoms with E-state index in [9.17, 15) is 4.79 Å². The topological polar surface area (TPSA) is 74.4 Å². The summed E-state index contributed by atoms with van der Waals surface area (Å²) in [5, 5.41) is 0. The van der Waals surface area contributed by atoms with E-state index in [2.05, 4.69) is 19.9 Å². The van der Waals surface area contributed by atoms with Gasteiger partial charge in [0.1, 0.15) is 17.6 Å². The first-order valence-electron chi connectivity index (χ1n) is 8.06. The third-order valence-electron chi connectivity index (χ3n) is 3.90. The molecule has 24 heavy (non-hydrogen) atoms. The fraction of sp³-hybridized carbons (Fsp3) is 0.471. The molecule has 1 saturated heterocycles. The van der Waals surface area contributed by atoms with Gasteiger partial charge in [0, 0.05) is 30.7 Å². The third kappa shape index (κ3) is 3.80. The van der Waals surface area contributed by atoms with Crippen molar-refractivity contribution >= 4 is 5.91 Å². The maximum absolute atomic E-state index is 12.7. The van der Waals surface area contributed by atoms with Crippen LogP contribution in [0.2, 0.25) is 0 Å². The van der Waals surface area contributed by atoms with Crippen LogP contribution in [0.15, 0.2) is 24.4 Å². The number of H-pyrrole nitrogens is 1. The van der Waals surface area contributed by atoms with Crippen LogP contribution in [-0.4, -0.2) is 64.5 Å². The Labute approximate surface area is 141 Å². The van der Waals surface area contributed by atoms with Crippen molar-refractivity contribution in [2.45, 2.75) is 19.6 Å². The zero-order chi connectivity index (χ0) is 17.1. The molecule has 0 aromatic carbocycles. The SMILES string of the molecule is Cc1cccc(C(=O)N2CCOC(c3ncc(CN(C)C)[nH]3)C2)n1. The average molecular weight is 329 g/mol. The van der Waals surface area contributed by atoms with Crippen LogP contribution in [0.1, 0.15) is 33.8 Å². The van der Waals surface area contributed by atoms with E-state index in [-0.39, 0.29) is 12.0 Å². The zero-order valence-corrected chi connectivity index (χ0v) is 14.3. The van der Waals surface area contributed by atoms with E-state index in [1.165, 1.54) is 0 Å². The molecular weight excluding hydrogens is 306 g/mol. The highest BCUT2D eigenvalue weighted by Crippen LogP contribution is 2.21. The minimum atomic E-state index is -0.233. The number of nitrogens with one attached hydrogen (secondary N) is 1. The van der Waals surface area contributed by atoms with Crippen LogP contribution in [0.3, 0.4) is 0 Å². The lowest BCUT2D eigenvalue weighted by Crippen LogP contribution is -2.42. The summed E-state index contributed by atoms with van der Waals surface area (Å²) in [4.78, 5) is 28.5. The van der Waals surface area contributed by atoms with Gasteiger partial charge >= 0.3 is 0 Å². The number of aromatic nitrogens is 3. The Hall–Kier alpha value is -2.25. The second kappa shape index (κ2) is 7.11. The normalized spacial score (nSPS) is 18.2. The van der Waals surface area contributed by atoms with Crippen molar-refractivity contribution < 1.29 is 9.53 Å². The fourth-order valence-corrected chi connectivity index (χ4v) is 2.78. The van der Waals surface area contributed by atoms with E-state index < -0.39 is 0 Å². The number of imidazole rings is 1. The lowest BCUT2D eigenvalue weighted by Gasteiger charge is -2.31. The minimum absolute atomic E-state index is 0.0629. The van der Waals surface area contributed by atoms with Gasteiger partial charge in [-0.3, -0.25) is 4.79 Å². The van der Waals surface area contributed by atoms with Crippen molar-refractivity contribution in [3.05, 3.63) is 47.3 Å². The maximum Gasteiger partial charge on any atom is 0.272 e. The number of carbonyl (C=O) groups is 1. The van der Waals surface area contributed by atoms with Crippen molar-refractivity contribution in [2.75, 3.05) is 33.8 Å². The molecule has 0 spiro atoms. The Morgan fingerprint density at radius 1 is 1.46 bits per heavy atom. The van der Waals surface area contributed by atoms with Crippen molar-refractivity contribution in [1.29, 1.82) is 0 Å². The van der Waals surface area contributed by atoms with Crippen molar-refractivity contribution in [2.24, 2.45) is 0 Å². The standard InChI is InChI=1S/C17H23N5O2/c1-12-5-4-6-14(19-12)17(23)22-7-8-24-15(11-22)16-18-9-13(20-16)10-21(2)3/h4-6,9,15H,7-8,10-11H2,1-3H3,(H,18,20). The van der Waals surface area contributed by atoms with Gasteiger partial charge in [-0.05, 0) is 33.2 Å². The number of hydrogen-bond acceptors (Lipinski definition) is 5. The van der Waals surface area contributed by atoms with E-state index in [0.717, 1.165) is 23.8 Å². The van der Waals surface area contributed by atoms with Gasteiger partial charge in [0.2, 0.25) is 0 Å². The van der Waals surface area contributed by atoms with Gasteiger partial charge in [-0.15, -0.1) is 0 Å². The first-order valence-corrected chi connectivity index (χ1v) is 8.06. The van der Waals surface area contributed by atoms with E-state index in [1.807, 2.05) is 39.3 Å². The predicted octanol–water partition coefficient (Wildman–Crippen LogP) is 1.39. The van der Waals surface area contributed by atoms with E-state index in [1.54, 1.807) is 11.0 Å². The molecule has 1 atom stereocenters. The lowest BCUT2D eigenvalue weighted by atomic mass is 10.2. The summed E-state index contributed by atoms with van der Waals surface area (Å²) in [5.74, 6) is 0.702. The molecule has 7 heteroatoms. The molecule has 3 heterocycles. The number of pyridine rings is 1. The number of ether oxygens (including phenoxy) is 1. The number of morpholine rings is 1. The molecule has 1 fully saturated rings. The molecule has 128 valence electrons. The van der Waals surface area contributed by atoms with Crippen LogP contribution in [0, 0.1) is 6.92 Å². The minimum Gasteiger partial charge on any atom is -0.367 e. The first kappa shape index (κ1) is 16.6. The van der Waals surface area contributed by atoms with Crippen LogP contribution in [0.4, 0.5) is 0 Å². The molecule has 1 aliphatic rings. The molecule has 0 bridgehead atoms. The van der Waals surface area contributed by atoms with E-state index >= 15 is 0 Å². The third-order valence-corrected chi connectivity index (χ3v) is 3.90. The molecule has 0 saturated carbocycles. The maximum atomic E-state index is 12.7. The summed E-state index contributed by atoms with van der Waals surface area (Å²) >= 11 is 0. The molecule has 1 aliphatic heterocycles. The van der Waals surface area contributed by atoms with Crippen LogP contribution in [0.25, 0.3) is 0 Å². The summed E-state index contributed by atoms with van der Waals surface area (Å²) in [7, 11) is 4.01. The smallest absolute Gasteiger partial charge is 0.272 e. The van der Waals surface area contributed by atoms with Gasteiger partial charge in [-0.1, -0.05) is 6.07 Å². The van der Waals surface area contributed by atoms with Crippen LogP contribution in [-0.2, 0) is 11.3 Å². The van der Waals surface area contributed by atoms with Crippen molar-refractivity contribution in [1.82, 2.24) is 24.8 Å². The molecule has 0 aliphatic carbocycles. The predicted molar refractivity (Wildman–Crippen MR) is 89.5 cm³/mol. The number of aromatic amines is 1. The molecule has 2 aromatic rings. The molecule has 1 N–H and O–H groups in total. The first-order chi connectivity index (χ1) is 11.5. The zero-order valence-electron chi connectivity index (χ0n) is 14.3. The monoisotopic (exact) mass is 329 g/mol. The van der Waals surface area contributed by atoms with Gasteiger partial charge in [-0.25, -0.2) is 9.97 Å². The molecule has 2 aromatic heterocycles. The summed E-state index contributed by atoms with van der Waals surface area (Å²) < 4.78 is 5.80. The van der Waals surface area contributed by atoms with Crippen molar-refractivity contribution in [3.8, 4) is 0 Å². The molecule has 1 amide bonds. The Bertz CT molecular complexity index is 713. The van der Waals surface area contributed by atoms with Crippen LogP contribution >= 0.6 is 0 Å². The number of hydrogen-bond donors (Lipinski definition) is 1. The van der Waals surface area contributed by atoms with E-state index in [0.29, 0.717) is 25.4 Å². The molecular formula is C17H23N5O2. The summed E-state index contributed by atoms with van der Waals surface area (Å²) in [6.45, 7) is 4.20. The number of nitrogens with zero attached hydrogens (tertiary/aromatic N) is 4. The Morgan fingerprint density at radius 3 is 3.04 bits per heavy atom. The number of rotatable bonds is 4. The van der Waals surface area contributed by atoms with Gasteiger partial charge < -0.3 is 19.5 Å². The summed E-state index contributed by atoms with van der Waals surface area (Å²) in [5.41, 5.74) is 2.34. The number of aryl methyl sites for hydroxylation is 1. The second-order valence-corrected chi connectivity index (χ2v) is 6.31. The largest absolute Gasteiger partial charge is 0.367 e. The molecule has 7 nitrogen and oxygen atoms in total. The highest BCUT2D eigenvalue weighted by Gasteiger charge is 2.28. The molecule has 1 unspecified atom stereocenters. The number of amides is 1. The fourth-order valence-electron chi connectivity index (χ4n) is 2.78. The summed E-state index contributed by atoms with van der Waals surface area (Å²) in [6, 6.07) is 5.49. The molecule has 3 rings (SSSR count). The van der Waals surface area contributed by atoms with Gasteiger partial charge in [0.05, 0.1) is 13.2 Å². The van der Waals surface area contributed by atoms with Gasteiger partial charge in [-0.2, -0.15) is 0 Å². The Kier molecular flexibility index (Phi) is 4.92. The number of carbonyl (C=O) groups excluding carboxylic acids is 1. The summed E-state index contributed by atoms with van der Waals surface area (Å²) in [6.07, 6.45) is 1.59. The Morgan fingerprint density at radius 2 is 2.29 bits per heavy atom. The lowest BCUT2D eigenvalue weighted by molar-refractivity contribution is -0.0267. The van der Waals surface area contributed by atoms with Gasteiger partial charge in [0.15, 0.2) is 0 Å². The second-order valence-electron chi connectivity index (χ2n) is 6.31. The van der Waals surface area contributed by atoms with Crippen LogP contribution < -0.4 is 0 Å². The van der Waals surface area contributed by atoms with Crippen LogP contribution in [0.5, 0.6) is 0 Å². The van der Waals surface area contributed by atoms with Gasteiger partial charge in [0.25, 0.3) is 5.91 Å². The molecule has 0 radical (unpaired) electrons. The van der Waals surface area contributed by atoms with E-state index in [4.69, 9.17) is 4.74 Å². The average Bonchev–Trinajstić information content (AvgIpc) is 3.02. The Balaban J connectivity index is 1.70. The quantitative estimate of drug-likeness (QED) is 0.917. The highest BCUT2D eigenvalue weighted by atomic mass is 16.5.